The zero-order valence-electron chi connectivity index (χ0n) is 9.39. The van der Waals surface area contributed by atoms with Gasteiger partial charge in [-0.05, 0) is 6.42 Å². The Morgan fingerprint density at radius 3 is 2.82 bits per heavy atom. The molecule has 0 saturated carbocycles. The fourth-order valence-corrected chi connectivity index (χ4v) is 2.94. The largest absolute Gasteiger partial charge is 0.481 e. The van der Waals surface area contributed by atoms with Gasteiger partial charge in [-0.3, -0.25) is 9.59 Å². The third-order valence-corrected chi connectivity index (χ3v) is 4.03. The smallest absolute Gasteiger partial charge is 0.310 e. The van der Waals surface area contributed by atoms with Crippen molar-refractivity contribution in [2.45, 2.75) is 18.5 Å². The maximum Gasteiger partial charge on any atom is 0.310 e. The molecular formula is C11H16N2O3S. The molecule has 0 spiro atoms. The van der Waals surface area contributed by atoms with Crippen molar-refractivity contribution in [3.05, 3.63) is 12.2 Å². The van der Waals surface area contributed by atoms with Crippen molar-refractivity contribution in [1.82, 2.24) is 10.6 Å². The maximum absolute atomic E-state index is 11.9. The Bertz CT molecular complexity index is 340. The number of aliphatic carboxylic acids is 1. The van der Waals surface area contributed by atoms with Crippen LogP contribution in [0.4, 0.5) is 0 Å². The molecule has 17 heavy (non-hydrogen) atoms. The van der Waals surface area contributed by atoms with Crippen LogP contribution in [0.15, 0.2) is 12.2 Å². The minimum absolute atomic E-state index is 0.0297. The fourth-order valence-electron chi connectivity index (χ4n) is 2.01. The first kappa shape index (κ1) is 12.4. The van der Waals surface area contributed by atoms with Gasteiger partial charge in [0.25, 0.3) is 0 Å². The van der Waals surface area contributed by atoms with E-state index < -0.39 is 11.9 Å². The van der Waals surface area contributed by atoms with Crippen LogP contribution in [0.25, 0.3) is 0 Å². The molecule has 1 saturated heterocycles. The third-order valence-electron chi connectivity index (χ3n) is 2.97. The number of carbonyl (C=O) groups is 2. The molecule has 3 unspecified atom stereocenters. The molecule has 0 bridgehead atoms. The van der Waals surface area contributed by atoms with Gasteiger partial charge >= 0.3 is 5.97 Å². The van der Waals surface area contributed by atoms with Crippen LogP contribution in [0.1, 0.15) is 6.42 Å². The predicted molar refractivity (Wildman–Crippen MR) is 65.9 cm³/mol. The molecular weight excluding hydrogens is 240 g/mol. The van der Waals surface area contributed by atoms with Gasteiger partial charge in [0.05, 0.1) is 12.0 Å². The number of rotatable bonds is 3. The van der Waals surface area contributed by atoms with Crippen LogP contribution in [0.5, 0.6) is 0 Å². The molecule has 6 heteroatoms. The quantitative estimate of drug-likeness (QED) is 0.611. The Hall–Kier alpha value is -1.01. The van der Waals surface area contributed by atoms with Crippen LogP contribution in [0.3, 0.4) is 0 Å². The molecule has 2 aliphatic rings. The Labute approximate surface area is 104 Å². The molecule has 1 fully saturated rings. The molecule has 5 nitrogen and oxygen atoms in total. The van der Waals surface area contributed by atoms with Gasteiger partial charge in [0, 0.05) is 24.1 Å². The van der Waals surface area contributed by atoms with Crippen LogP contribution >= 0.6 is 11.8 Å². The number of carboxylic acid groups (broad SMARTS) is 1. The zero-order valence-corrected chi connectivity index (χ0v) is 10.2. The van der Waals surface area contributed by atoms with E-state index in [1.54, 1.807) is 23.9 Å². The van der Waals surface area contributed by atoms with E-state index in [0.29, 0.717) is 6.42 Å². The second-order valence-electron chi connectivity index (χ2n) is 4.26. The first-order chi connectivity index (χ1) is 8.16. The minimum atomic E-state index is -0.829. The summed E-state index contributed by atoms with van der Waals surface area (Å²) >= 11 is 1.76. The summed E-state index contributed by atoms with van der Waals surface area (Å²) in [5.41, 5.74) is 0. The lowest BCUT2D eigenvalue weighted by atomic mass is 10.1. The molecule has 1 amide bonds. The Kier molecular flexibility index (Phi) is 4.06. The van der Waals surface area contributed by atoms with Crippen molar-refractivity contribution in [2.75, 3.05) is 18.1 Å². The van der Waals surface area contributed by atoms with Crippen molar-refractivity contribution in [2.24, 2.45) is 5.92 Å². The van der Waals surface area contributed by atoms with Crippen LogP contribution < -0.4 is 10.6 Å². The first-order valence-corrected chi connectivity index (χ1v) is 6.85. The van der Waals surface area contributed by atoms with Gasteiger partial charge in [0.2, 0.25) is 5.91 Å². The third kappa shape index (κ3) is 3.23. The number of hydrogen-bond acceptors (Lipinski definition) is 4. The van der Waals surface area contributed by atoms with Crippen molar-refractivity contribution in [3.8, 4) is 0 Å². The summed E-state index contributed by atoms with van der Waals surface area (Å²) in [6.07, 6.45) is 3.88. The van der Waals surface area contributed by atoms with Gasteiger partial charge in [-0.1, -0.05) is 12.2 Å². The standard InChI is InChI=1S/C11H16N2O3S/c14-10(9-6-17-4-3-12-9)13-8-2-1-7(5-8)11(15)16/h1-2,7-9,12H,3-6H2,(H,13,14)(H,15,16). The Morgan fingerprint density at radius 2 is 2.24 bits per heavy atom. The highest BCUT2D eigenvalue weighted by molar-refractivity contribution is 7.99. The summed E-state index contributed by atoms with van der Waals surface area (Å²) in [5, 5.41) is 14.9. The number of carboxylic acids is 1. The molecule has 0 aromatic carbocycles. The van der Waals surface area contributed by atoms with Gasteiger partial charge in [-0.25, -0.2) is 0 Å². The van der Waals surface area contributed by atoms with E-state index in [9.17, 15) is 9.59 Å². The van der Waals surface area contributed by atoms with Crippen molar-refractivity contribution >= 4 is 23.6 Å². The second-order valence-corrected chi connectivity index (χ2v) is 5.41. The molecule has 0 radical (unpaired) electrons. The average molecular weight is 256 g/mol. The molecule has 1 aliphatic carbocycles. The van der Waals surface area contributed by atoms with Gasteiger partial charge in [-0.15, -0.1) is 0 Å². The highest BCUT2D eigenvalue weighted by atomic mass is 32.2. The summed E-state index contributed by atoms with van der Waals surface area (Å²) in [7, 11) is 0. The number of amides is 1. The van der Waals surface area contributed by atoms with Crippen LogP contribution in [-0.2, 0) is 9.59 Å². The number of carbonyl (C=O) groups excluding carboxylic acids is 1. The lowest BCUT2D eigenvalue weighted by Gasteiger charge is -2.23. The topological polar surface area (TPSA) is 78.4 Å². The second kappa shape index (κ2) is 5.55. The van der Waals surface area contributed by atoms with E-state index in [1.807, 2.05) is 0 Å². The minimum Gasteiger partial charge on any atom is -0.481 e. The first-order valence-electron chi connectivity index (χ1n) is 5.69. The van der Waals surface area contributed by atoms with Gasteiger partial charge in [0.1, 0.15) is 0 Å². The van der Waals surface area contributed by atoms with E-state index in [4.69, 9.17) is 5.11 Å². The normalized spacial score (nSPS) is 32.4. The molecule has 1 heterocycles. The van der Waals surface area contributed by atoms with Crippen molar-refractivity contribution in [3.63, 3.8) is 0 Å². The number of thioether (sulfide) groups is 1. The average Bonchev–Trinajstić information content (AvgIpc) is 2.79. The lowest BCUT2D eigenvalue weighted by molar-refractivity contribution is -0.140. The molecule has 94 valence electrons. The molecule has 0 aromatic rings. The Morgan fingerprint density at radius 1 is 1.41 bits per heavy atom. The highest BCUT2D eigenvalue weighted by Crippen LogP contribution is 2.18. The predicted octanol–water partition coefficient (Wildman–Crippen LogP) is -0.163. The molecule has 2 rings (SSSR count). The maximum atomic E-state index is 11.9. The van der Waals surface area contributed by atoms with Crippen LogP contribution in [0.2, 0.25) is 0 Å². The van der Waals surface area contributed by atoms with E-state index in [1.165, 1.54) is 0 Å². The van der Waals surface area contributed by atoms with Crippen LogP contribution in [-0.4, -0.2) is 47.1 Å². The lowest BCUT2D eigenvalue weighted by Crippen LogP contribution is -2.51. The van der Waals surface area contributed by atoms with E-state index in [0.717, 1.165) is 18.1 Å². The molecule has 3 atom stereocenters. The summed E-state index contributed by atoms with van der Waals surface area (Å²) in [5.74, 6) is 0.495. The number of nitrogens with one attached hydrogen (secondary N) is 2. The van der Waals surface area contributed by atoms with Gasteiger partial charge in [-0.2, -0.15) is 11.8 Å². The SMILES string of the molecule is O=C(O)C1C=CC(NC(=O)C2CSCCN2)C1. The van der Waals surface area contributed by atoms with E-state index in [2.05, 4.69) is 10.6 Å². The molecule has 3 N–H and O–H groups in total. The van der Waals surface area contributed by atoms with Gasteiger partial charge < -0.3 is 15.7 Å². The number of hydrogen-bond donors (Lipinski definition) is 3. The summed E-state index contributed by atoms with van der Waals surface area (Å²) in [4.78, 5) is 22.6. The van der Waals surface area contributed by atoms with Crippen LogP contribution in [0, 0.1) is 5.92 Å². The summed E-state index contributed by atoms with van der Waals surface area (Å²) in [6.45, 7) is 0.848. The highest BCUT2D eigenvalue weighted by Gasteiger charge is 2.28. The fraction of sp³-hybridized carbons (Fsp3) is 0.636. The Balaban J connectivity index is 1.80. The van der Waals surface area contributed by atoms with E-state index in [-0.39, 0.29) is 18.0 Å². The zero-order chi connectivity index (χ0) is 12.3. The van der Waals surface area contributed by atoms with E-state index >= 15 is 0 Å². The molecule has 1 aliphatic heterocycles. The van der Waals surface area contributed by atoms with Crippen molar-refractivity contribution in [1.29, 1.82) is 0 Å². The molecule has 0 aromatic heterocycles. The monoisotopic (exact) mass is 256 g/mol. The van der Waals surface area contributed by atoms with Gasteiger partial charge in [0.15, 0.2) is 0 Å². The van der Waals surface area contributed by atoms with Crippen molar-refractivity contribution < 1.29 is 14.7 Å². The summed E-state index contributed by atoms with van der Waals surface area (Å²) < 4.78 is 0. The summed E-state index contributed by atoms with van der Waals surface area (Å²) in [6, 6.07) is -0.289.